The van der Waals surface area contributed by atoms with Crippen molar-refractivity contribution in [2.24, 2.45) is 0 Å². The maximum Gasteiger partial charge on any atom is 0.243 e. The molecular weight excluding hydrogens is 386 g/mol. The molecule has 146 valence electrons. The first-order chi connectivity index (χ1) is 12.7. The van der Waals surface area contributed by atoms with Crippen LogP contribution in [-0.2, 0) is 14.8 Å². The van der Waals surface area contributed by atoms with Crippen molar-refractivity contribution in [2.45, 2.75) is 10.9 Å². The zero-order chi connectivity index (χ0) is 20.0. The number of nitrogens with zero attached hydrogens (tertiary/aromatic N) is 1. The fourth-order valence-electron chi connectivity index (χ4n) is 2.69. The maximum absolute atomic E-state index is 12.5. The molecule has 0 fully saturated rings. The standard InChI is InChI=1S/C19H24ClN3O3S/c1-22(2)18(15-7-5-4-6-8-15)13-21-19(24)14-23(3)27(25,26)17-11-9-16(20)10-12-17/h4-12,18H,13-14H2,1-3H3,(H,21,24)/p+1/t18-/m0/s1. The first kappa shape index (κ1) is 21.4. The quantitative estimate of drug-likeness (QED) is 0.681. The lowest BCUT2D eigenvalue weighted by molar-refractivity contribution is -0.890. The predicted octanol–water partition coefficient (Wildman–Crippen LogP) is 0.963. The van der Waals surface area contributed by atoms with Gasteiger partial charge in [0.05, 0.1) is 32.1 Å². The summed E-state index contributed by atoms with van der Waals surface area (Å²) < 4.78 is 26.1. The van der Waals surface area contributed by atoms with E-state index in [0.717, 1.165) is 9.87 Å². The topological polar surface area (TPSA) is 70.9 Å². The molecule has 2 N–H and O–H groups in total. The molecule has 0 aliphatic carbocycles. The third-order valence-electron chi connectivity index (χ3n) is 4.29. The molecule has 0 unspecified atom stereocenters. The fraction of sp³-hybridized carbons (Fsp3) is 0.316. The number of halogens is 1. The van der Waals surface area contributed by atoms with Gasteiger partial charge in [-0.15, -0.1) is 0 Å². The molecule has 2 aromatic carbocycles. The number of rotatable bonds is 8. The molecular formula is C19H25ClN3O3S+. The van der Waals surface area contributed by atoms with E-state index in [2.05, 4.69) is 5.32 Å². The Morgan fingerprint density at radius 1 is 1.11 bits per heavy atom. The highest BCUT2D eigenvalue weighted by Crippen LogP contribution is 2.17. The molecule has 1 amide bonds. The Labute approximate surface area is 165 Å². The van der Waals surface area contributed by atoms with E-state index in [4.69, 9.17) is 11.6 Å². The summed E-state index contributed by atoms with van der Waals surface area (Å²) in [5.41, 5.74) is 1.11. The summed E-state index contributed by atoms with van der Waals surface area (Å²) in [6.45, 7) is 0.162. The van der Waals surface area contributed by atoms with Crippen LogP contribution in [-0.4, -0.2) is 52.9 Å². The van der Waals surface area contributed by atoms with Crippen molar-refractivity contribution in [2.75, 3.05) is 34.2 Å². The van der Waals surface area contributed by atoms with Crippen LogP contribution in [0.1, 0.15) is 11.6 Å². The van der Waals surface area contributed by atoms with E-state index in [-0.39, 0.29) is 23.4 Å². The van der Waals surface area contributed by atoms with Crippen molar-refractivity contribution in [3.8, 4) is 0 Å². The van der Waals surface area contributed by atoms with E-state index < -0.39 is 10.0 Å². The maximum atomic E-state index is 12.5. The number of amides is 1. The second kappa shape index (κ2) is 9.32. The van der Waals surface area contributed by atoms with Crippen LogP contribution in [0.4, 0.5) is 0 Å². The number of benzene rings is 2. The van der Waals surface area contributed by atoms with Gasteiger partial charge < -0.3 is 10.2 Å². The van der Waals surface area contributed by atoms with Crippen molar-refractivity contribution in [1.82, 2.24) is 9.62 Å². The van der Waals surface area contributed by atoms with E-state index in [1.165, 1.54) is 36.2 Å². The highest BCUT2D eigenvalue weighted by Gasteiger charge is 2.24. The van der Waals surface area contributed by atoms with Gasteiger partial charge in [0.2, 0.25) is 15.9 Å². The van der Waals surface area contributed by atoms with E-state index in [1.807, 2.05) is 44.4 Å². The van der Waals surface area contributed by atoms with Gasteiger partial charge in [0.1, 0.15) is 6.04 Å². The van der Waals surface area contributed by atoms with Crippen LogP contribution < -0.4 is 10.2 Å². The van der Waals surface area contributed by atoms with E-state index in [9.17, 15) is 13.2 Å². The number of carbonyl (C=O) groups excluding carboxylic acids is 1. The summed E-state index contributed by atoms with van der Waals surface area (Å²) in [5, 5.41) is 3.29. The molecule has 6 nitrogen and oxygen atoms in total. The molecule has 0 aromatic heterocycles. The van der Waals surface area contributed by atoms with Gasteiger partial charge in [0.25, 0.3) is 0 Å². The Morgan fingerprint density at radius 3 is 2.26 bits per heavy atom. The van der Waals surface area contributed by atoms with Crippen molar-refractivity contribution in [3.05, 3.63) is 65.2 Å². The van der Waals surface area contributed by atoms with Crippen molar-refractivity contribution < 1.29 is 18.1 Å². The van der Waals surface area contributed by atoms with Gasteiger partial charge in [-0.25, -0.2) is 8.42 Å². The van der Waals surface area contributed by atoms with Crippen LogP contribution in [0.5, 0.6) is 0 Å². The smallest absolute Gasteiger partial charge is 0.243 e. The first-order valence-corrected chi connectivity index (χ1v) is 10.4. The summed E-state index contributed by atoms with van der Waals surface area (Å²) >= 11 is 5.80. The molecule has 0 aliphatic heterocycles. The Balaban J connectivity index is 1.99. The summed E-state index contributed by atoms with van der Waals surface area (Å²) in [6.07, 6.45) is 0. The number of sulfonamides is 1. The summed E-state index contributed by atoms with van der Waals surface area (Å²) in [4.78, 5) is 13.6. The molecule has 0 aliphatic rings. The van der Waals surface area contributed by atoms with Gasteiger partial charge in [0, 0.05) is 17.6 Å². The summed E-state index contributed by atoms with van der Waals surface area (Å²) in [5.74, 6) is -0.350. The number of nitrogens with one attached hydrogen (secondary N) is 2. The predicted molar refractivity (Wildman–Crippen MR) is 106 cm³/mol. The average molecular weight is 411 g/mol. The fourth-order valence-corrected chi connectivity index (χ4v) is 3.94. The third kappa shape index (κ3) is 5.77. The summed E-state index contributed by atoms with van der Waals surface area (Å²) in [6, 6.07) is 15.8. The number of quaternary nitrogens is 1. The second-order valence-corrected chi connectivity index (χ2v) is 9.04. The summed E-state index contributed by atoms with van der Waals surface area (Å²) in [7, 11) is 1.66. The van der Waals surface area contributed by atoms with Gasteiger partial charge in [-0.2, -0.15) is 4.31 Å². The molecule has 0 heterocycles. The zero-order valence-corrected chi connectivity index (χ0v) is 17.2. The van der Waals surface area contributed by atoms with Crippen molar-refractivity contribution in [1.29, 1.82) is 0 Å². The number of hydrogen-bond donors (Lipinski definition) is 2. The lowest BCUT2D eigenvalue weighted by Gasteiger charge is -2.23. The lowest BCUT2D eigenvalue weighted by Crippen LogP contribution is -3.07. The van der Waals surface area contributed by atoms with E-state index in [1.54, 1.807) is 0 Å². The molecule has 0 saturated heterocycles. The monoisotopic (exact) mass is 410 g/mol. The molecule has 8 heteroatoms. The Bertz CT molecular complexity index is 856. The van der Waals surface area contributed by atoms with E-state index in [0.29, 0.717) is 11.6 Å². The van der Waals surface area contributed by atoms with Gasteiger partial charge in [-0.05, 0) is 24.3 Å². The Hall–Kier alpha value is -1.93. The number of carbonyl (C=O) groups is 1. The molecule has 27 heavy (non-hydrogen) atoms. The lowest BCUT2D eigenvalue weighted by atomic mass is 10.1. The molecule has 2 rings (SSSR count). The van der Waals surface area contributed by atoms with Crippen LogP contribution in [0.2, 0.25) is 5.02 Å². The van der Waals surface area contributed by atoms with Crippen molar-refractivity contribution >= 4 is 27.5 Å². The first-order valence-electron chi connectivity index (χ1n) is 8.55. The van der Waals surface area contributed by atoms with Gasteiger partial charge in [0.15, 0.2) is 0 Å². The van der Waals surface area contributed by atoms with Gasteiger partial charge in [-0.3, -0.25) is 4.79 Å². The number of likely N-dealkylation sites (N-methyl/N-ethyl adjacent to an activating group) is 2. The molecule has 0 radical (unpaired) electrons. The highest BCUT2D eigenvalue weighted by atomic mass is 35.5. The largest absolute Gasteiger partial charge is 0.349 e. The van der Waals surface area contributed by atoms with Crippen LogP contribution >= 0.6 is 11.6 Å². The van der Waals surface area contributed by atoms with Crippen LogP contribution in [0, 0.1) is 0 Å². The minimum Gasteiger partial charge on any atom is -0.349 e. The zero-order valence-electron chi connectivity index (χ0n) is 15.6. The molecule has 1 atom stereocenters. The van der Waals surface area contributed by atoms with Crippen LogP contribution in [0.3, 0.4) is 0 Å². The Morgan fingerprint density at radius 2 is 1.70 bits per heavy atom. The molecule has 2 aromatic rings. The normalized spacial score (nSPS) is 13.0. The van der Waals surface area contributed by atoms with Gasteiger partial charge in [-0.1, -0.05) is 41.9 Å². The van der Waals surface area contributed by atoms with Crippen LogP contribution in [0.25, 0.3) is 0 Å². The highest BCUT2D eigenvalue weighted by molar-refractivity contribution is 7.89. The molecule has 0 spiro atoms. The average Bonchev–Trinajstić information content (AvgIpc) is 2.62. The van der Waals surface area contributed by atoms with Gasteiger partial charge >= 0.3 is 0 Å². The minimum atomic E-state index is -3.75. The SMILES string of the molecule is CN(CC(=O)NC[C@@H](c1ccccc1)[NH+](C)C)S(=O)(=O)c1ccc(Cl)cc1. The van der Waals surface area contributed by atoms with E-state index >= 15 is 0 Å². The molecule has 0 saturated carbocycles. The minimum absolute atomic E-state index is 0.0772. The third-order valence-corrected chi connectivity index (χ3v) is 6.36. The number of hydrogen-bond acceptors (Lipinski definition) is 3. The molecule has 0 bridgehead atoms. The second-order valence-electron chi connectivity index (χ2n) is 6.56. The van der Waals surface area contributed by atoms with Crippen LogP contribution in [0.15, 0.2) is 59.5 Å². The van der Waals surface area contributed by atoms with Crippen molar-refractivity contribution in [3.63, 3.8) is 0 Å². The Kier molecular flexibility index (Phi) is 7.38.